The van der Waals surface area contributed by atoms with Crippen LogP contribution in [0.25, 0.3) is 10.9 Å². The van der Waals surface area contributed by atoms with Crippen molar-refractivity contribution in [2.45, 2.75) is 51.7 Å². The average molecular weight is 423 g/mol. The molecule has 1 aliphatic carbocycles. The molecule has 0 spiro atoms. The molecule has 0 N–H and O–H groups in total. The molecule has 1 atom stereocenters. The number of benzene rings is 3. The molecular formula is C29H30N2O. The number of ether oxygens (including phenoxy) is 1. The molecule has 162 valence electrons. The Labute approximate surface area is 190 Å². The van der Waals surface area contributed by atoms with Gasteiger partial charge in [0.2, 0.25) is 0 Å². The van der Waals surface area contributed by atoms with Gasteiger partial charge in [0.1, 0.15) is 11.5 Å². The Morgan fingerprint density at radius 1 is 0.875 bits per heavy atom. The number of nitrogens with zero attached hydrogens (tertiary/aromatic N) is 2. The largest absolute Gasteiger partial charge is 0.457 e. The molecular weight excluding hydrogens is 392 g/mol. The van der Waals surface area contributed by atoms with Crippen molar-refractivity contribution in [2.75, 3.05) is 6.54 Å². The summed E-state index contributed by atoms with van der Waals surface area (Å²) < 4.78 is 8.74. The number of fused-ring (bicyclic) bond motifs is 3. The smallest absolute Gasteiger partial charge is 0.127 e. The van der Waals surface area contributed by atoms with Crippen molar-refractivity contribution in [3.63, 3.8) is 0 Å². The number of aromatic nitrogens is 1. The van der Waals surface area contributed by atoms with Crippen LogP contribution in [0.4, 0.5) is 0 Å². The highest BCUT2D eigenvalue weighted by Gasteiger charge is 2.33. The monoisotopic (exact) mass is 422 g/mol. The fourth-order valence-electron chi connectivity index (χ4n) is 5.75. The molecule has 1 aromatic heterocycles. The zero-order valence-corrected chi connectivity index (χ0v) is 18.8. The minimum atomic E-state index is 0.507. The Kier molecular flexibility index (Phi) is 4.99. The van der Waals surface area contributed by atoms with E-state index in [0.717, 1.165) is 31.1 Å². The maximum absolute atomic E-state index is 6.10. The third-order valence-corrected chi connectivity index (χ3v) is 7.12. The van der Waals surface area contributed by atoms with Crippen LogP contribution in [-0.4, -0.2) is 16.0 Å². The van der Waals surface area contributed by atoms with E-state index in [9.17, 15) is 0 Å². The highest BCUT2D eigenvalue weighted by atomic mass is 16.5. The summed E-state index contributed by atoms with van der Waals surface area (Å²) in [5.41, 5.74) is 7.32. The second kappa shape index (κ2) is 8.14. The molecule has 3 heteroatoms. The fraction of sp³-hybridized carbons (Fsp3) is 0.310. The van der Waals surface area contributed by atoms with Crippen molar-refractivity contribution < 1.29 is 4.74 Å². The van der Waals surface area contributed by atoms with E-state index in [-0.39, 0.29) is 0 Å². The molecule has 0 unspecified atom stereocenters. The molecule has 32 heavy (non-hydrogen) atoms. The van der Waals surface area contributed by atoms with Gasteiger partial charge in [-0.3, -0.25) is 4.90 Å². The first-order valence-electron chi connectivity index (χ1n) is 11.9. The molecule has 1 aliphatic heterocycles. The summed E-state index contributed by atoms with van der Waals surface area (Å²) in [5, 5.41) is 1.49. The van der Waals surface area contributed by atoms with Crippen LogP contribution in [0.15, 0.2) is 72.8 Å². The summed E-state index contributed by atoms with van der Waals surface area (Å²) in [4.78, 5) is 2.72. The van der Waals surface area contributed by atoms with E-state index in [0.29, 0.717) is 6.04 Å². The van der Waals surface area contributed by atoms with Gasteiger partial charge >= 0.3 is 0 Å². The summed E-state index contributed by atoms with van der Waals surface area (Å²) in [5.74, 6) is 1.80. The summed E-state index contributed by atoms with van der Waals surface area (Å²) in [6.07, 6.45) is 4.94. The van der Waals surface area contributed by atoms with Crippen molar-refractivity contribution in [2.24, 2.45) is 0 Å². The standard InChI is InChI=1S/C29H30N2O/c1-21-14-15-27-26(18-21)25-12-6-13-28-29(25)31(27)17-7-16-30(28)20-22-8-5-11-24(19-22)32-23-9-3-2-4-10-23/h2-5,8-11,14-15,18-19,28H,6-7,12-13,16-17,20H2,1H3/t28-/m1/s1. The van der Waals surface area contributed by atoms with Crippen molar-refractivity contribution in [3.8, 4) is 11.5 Å². The first-order valence-corrected chi connectivity index (χ1v) is 11.9. The molecule has 0 bridgehead atoms. The quantitative estimate of drug-likeness (QED) is 0.351. The molecule has 0 radical (unpaired) electrons. The Hall–Kier alpha value is -3.04. The van der Waals surface area contributed by atoms with Crippen LogP contribution in [0.1, 0.15) is 47.7 Å². The summed E-state index contributed by atoms with van der Waals surface area (Å²) in [6, 6.07) is 26.2. The zero-order chi connectivity index (χ0) is 21.5. The number of rotatable bonds is 4. The number of para-hydroxylation sites is 1. The summed E-state index contributed by atoms with van der Waals surface area (Å²) >= 11 is 0. The van der Waals surface area contributed by atoms with Gasteiger partial charge in [-0.2, -0.15) is 0 Å². The van der Waals surface area contributed by atoms with E-state index < -0.39 is 0 Å². The second-order valence-electron chi connectivity index (χ2n) is 9.33. The van der Waals surface area contributed by atoms with Crippen molar-refractivity contribution in [3.05, 3.63) is 95.2 Å². The van der Waals surface area contributed by atoms with Crippen LogP contribution < -0.4 is 4.74 Å². The molecule has 3 aromatic carbocycles. The zero-order valence-electron chi connectivity index (χ0n) is 18.8. The van der Waals surface area contributed by atoms with Gasteiger partial charge in [0.05, 0.1) is 6.04 Å². The number of hydrogen-bond acceptors (Lipinski definition) is 2. The highest BCUT2D eigenvalue weighted by molar-refractivity contribution is 5.87. The van der Waals surface area contributed by atoms with E-state index in [4.69, 9.17) is 4.74 Å². The van der Waals surface area contributed by atoms with Gasteiger partial charge in [0, 0.05) is 36.2 Å². The van der Waals surface area contributed by atoms with Gasteiger partial charge < -0.3 is 9.30 Å². The third-order valence-electron chi connectivity index (χ3n) is 7.12. The van der Waals surface area contributed by atoms with E-state index >= 15 is 0 Å². The molecule has 2 aliphatic rings. The van der Waals surface area contributed by atoms with Gasteiger partial charge in [-0.25, -0.2) is 0 Å². The summed E-state index contributed by atoms with van der Waals surface area (Å²) in [7, 11) is 0. The lowest BCUT2D eigenvalue weighted by Crippen LogP contribution is -2.31. The normalized spacial score (nSPS) is 18.3. The lowest BCUT2D eigenvalue weighted by molar-refractivity contribution is 0.173. The van der Waals surface area contributed by atoms with Crippen molar-refractivity contribution in [1.82, 2.24) is 9.47 Å². The second-order valence-corrected chi connectivity index (χ2v) is 9.33. The predicted octanol–water partition coefficient (Wildman–Crippen LogP) is 7.03. The van der Waals surface area contributed by atoms with Crippen LogP contribution in [0.2, 0.25) is 0 Å². The minimum Gasteiger partial charge on any atom is -0.457 e. The lowest BCUT2D eigenvalue weighted by atomic mass is 9.90. The Morgan fingerprint density at radius 2 is 1.75 bits per heavy atom. The highest BCUT2D eigenvalue weighted by Crippen LogP contribution is 2.42. The molecule has 6 rings (SSSR count). The predicted molar refractivity (Wildman–Crippen MR) is 130 cm³/mol. The Balaban J connectivity index is 1.32. The van der Waals surface area contributed by atoms with E-state index in [2.05, 4.69) is 58.9 Å². The van der Waals surface area contributed by atoms with E-state index in [1.54, 1.807) is 11.3 Å². The number of hydrogen-bond donors (Lipinski definition) is 0. The topological polar surface area (TPSA) is 17.4 Å². The van der Waals surface area contributed by atoms with Crippen LogP contribution in [0, 0.1) is 6.92 Å². The first kappa shape index (κ1) is 19.6. The van der Waals surface area contributed by atoms with Crippen LogP contribution in [0.3, 0.4) is 0 Å². The molecule has 4 aromatic rings. The van der Waals surface area contributed by atoms with Gasteiger partial charge in [-0.15, -0.1) is 0 Å². The van der Waals surface area contributed by atoms with Crippen LogP contribution in [-0.2, 0) is 19.5 Å². The van der Waals surface area contributed by atoms with E-state index in [1.807, 2.05) is 30.3 Å². The van der Waals surface area contributed by atoms with Crippen LogP contribution in [0.5, 0.6) is 11.5 Å². The Morgan fingerprint density at radius 3 is 2.66 bits per heavy atom. The first-order chi connectivity index (χ1) is 15.8. The van der Waals surface area contributed by atoms with Gasteiger partial charge in [-0.1, -0.05) is 42.0 Å². The minimum absolute atomic E-state index is 0.507. The molecule has 2 heterocycles. The maximum Gasteiger partial charge on any atom is 0.127 e. The molecule has 0 saturated carbocycles. The molecule has 0 saturated heterocycles. The van der Waals surface area contributed by atoms with Crippen molar-refractivity contribution >= 4 is 10.9 Å². The Bertz CT molecular complexity index is 1250. The maximum atomic E-state index is 6.10. The van der Waals surface area contributed by atoms with Gasteiger partial charge in [-0.05, 0) is 80.1 Å². The third kappa shape index (κ3) is 3.51. The van der Waals surface area contributed by atoms with Crippen LogP contribution >= 0.6 is 0 Å². The van der Waals surface area contributed by atoms with Crippen molar-refractivity contribution in [1.29, 1.82) is 0 Å². The van der Waals surface area contributed by atoms with Gasteiger partial charge in [0.15, 0.2) is 0 Å². The number of aryl methyl sites for hydroxylation is 3. The lowest BCUT2D eigenvalue weighted by Gasteiger charge is -2.33. The summed E-state index contributed by atoms with van der Waals surface area (Å²) in [6.45, 7) is 5.45. The molecule has 0 fully saturated rings. The average Bonchev–Trinajstić information content (AvgIpc) is 3.00. The van der Waals surface area contributed by atoms with E-state index in [1.165, 1.54) is 47.7 Å². The SMILES string of the molecule is Cc1ccc2c(c1)c1c3n2CCCN(Cc2cccc(Oc4ccccc4)c2)[C@@H]3CCC1. The molecule has 0 amide bonds. The molecule has 3 nitrogen and oxygen atoms in total. The fourth-order valence-corrected chi connectivity index (χ4v) is 5.75. The van der Waals surface area contributed by atoms with Gasteiger partial charge in [0.25, 0.3) is 0 Å².